The second-order valence-electron chi connectivity index (χ2n) is 5.98. The third-order valence-corrected chi connectivity index (χ3v) is 3.93. The maximum atomic E-state index is 12.3. The predicted molar refractivity (Wildman–Crippen MR) is 98.1 cm³/mol. The highest BCUT2D eigenvalue weighted by molar-refractivity contribution is 5.91. The number of aromatic nitrogens is 6. The molecule has 0 aliphatic rings. The first-order valence-electron chi connectivity index (χ1n) is 8.19. The second kappa shape index (κ2) is 6.79. The Balaban J connectivity index is 1.53. The van der Waals surface area contributed by atoms with Crippen molar-refractivity contribution in [1.82, 2.24) is 29.4 Å². The molecule has 0 spiro atoms. The first-order valence-corrected chi connectivity index (χ1v) is 8.19. The fraction of sp³-hybridized carbons (Fsp3) is 0.111. The molecule has 0 bridgehead atoms. The highest BCUT2D eigenvalue weighted by Crippen LogP contribution is 2.21. The van der Waals surface area contributed by atoms with E-state index < -0.39 is 0 Å². The smallest absolute Gasteiger partial charge is 0.253 e. The van der Waals surface area contributed by atoms with Gasteiger partial charge in [0.25, 0.3) is 5.56 Å². The number of aryl methyl sites for hydroxylation is 1. The number of amides is 1. The maximum absolute atomic E-state index is 12.3. The molecule has 0 aliphatic carbocycles. The molecule has 0 saturated heterocycles. The van der Waals surface area contributed by atoms with Gasteiger partial charge in [0.15, 0.2) is 5.65 Å². The van der Waals surface area contributed by atoms with E-state index in [1.54, 1.807) is 17.5 Å². The zero-order valence-electron chi connectivity index (χ0n) is 14.4. The quantitative estimate of drug-likeness (QED) is 0.587. The molecule has 1 amide bonds. The Hall–Kier alpha value is -3.88. The summed E-state index contributed by atoms with van der Waals surface area (Å²) in [5, 5.41) is 15.0. The maximum Gasteiger partial charge on any atom is 0.253 e. The van der Waals surface area contributed by atoms with Crippen LogP contribution in [0.5, 0.6) is 0 Å². The van der Waals surface area contributed by atoms with Crippen molar-refractivity contribution in [3.63, 3.8) is 0 Å². The Labute approximate surface area is 153 Å². The van der Waals surface area contributed by atoms with Crippen LogP contribution in [0.4, 0.5) is 5.69 Å². The van der Waals surface area contributed by atoms with Crippen molar-refractivity contribution in [1.29, 1.82) is 0 Å². The van der Waals surface area contributed by atoms with Crippen LogP contribution < -0.4 is 10.9 Å². The molecule has 4 aromatic rings. The Morgan fingerprint density at radius 2 is 2.04 bits per heavy atom. The van der Waals surface area contributed by atoms with E-state index in [1.165, 1.54) is 23.3 Å². The van der Waals surface area contributed by atoms with E-state index in [-0.39, 0.29) is 18.0 Å². The van der Waals surface area contributed by atoms with E-state index in [0.717, 1.165) is 11.3 Å². The van der Waals surface area contributed by atoms with Gasteiger partial charge in [-0.25, -0.2) is 4.98 Å². The number of fused-ring (bicyclic) bond motifs is 1. The minimum Gasteiger partial charge on any atom is -0.325 e. The van der Waals surface area contributed by atoms with Gasteiger partial charge >= 0.3 is 0 Å². The summed E-state index contributed by atoms with van der Waals surface area (Å²) in [5.74, 6) is -0.317. The number of anilines is 1. The summed E-state index contributed by atoms with van der Waals surface area (Å²) < 4.78 is 2.84. The molecule has 134 valence electrons. The van der Waals surface area contributed by atoms with Crippen molar-refractivity contribution >= 4 is 17.2 Å². The van der Waals surface area contributed by atoms with Gasteiger partial charge in [0, 0.05) is 23.0 Å². The van der Waals surface area contributed by atoms with Crippen LogP contribution in [0, 0.1) is 6.92 Å². The van der Waals surface area contributed by atoms with Crippen LogP contribution in [-0.2, 0) is 11.3 Å². The van der Waals surface area contributed by atoms with Crippen LogP contribution in [0.3, 0.4) is 0 Å². The SMILES string of the molecule is Cc1cc(=O)n(CC(=O)Nc2cccc(-c3ccc4nncn4n3)c2)cn1. The van der Waals surface area contributed by atoms with Crippen LogP contribution in [0.25, 0.3) is 16.9 Å². The summed E-state index contributed by atoms with van der Waals surface area (Å²) in [5.41, 5.74) is 3.16. The van der Waals surface area contributed by atoms with Crippen LogP contribution in [0.15, 0.2) is 59.9 Å². The van der Waals surface area contributed by atoms with Crippen LogP contribution in [-0.4, -0.2) is 35.3 Å². The number of nitrogens with zero attached hydrogens (tertiary/aromatic N) is 6. The monoisotopic (exact) mass is 361 g/mol. The van der Waals surface area contributed by atoms with Crippen LogP contribution in [0.2, 0.25) is 0 Å². The van der Waals surface area contributed by atoms with E-state index in [0.29, 0.717) is 17.0 Å². The minimum atomic E-state index is -0.317. The number of rotatable bonds is 4. The molecule has 1 aromatic carbocycles. The van der Waals surface area contributed by atoms with Gasteiger partial charge in [-0.15, -0.1) is 10.2 Å². The largest absolute Gasteiger partial charge is 0.325 e. The molecule has 3 heterocycles. The Kier molecular flexibility index (Phi) is 4.17. The number of carbonyl (C=O) groups excluding carboxylic acids is 1. The highest BCUT2D eigenvalue weighted by atomic mass is 16.2. The zero-order valence-corrected chi connectivity index (χ0v) is 14.4. The number of carbonyl (C=O) groups is 1. The van der Waals surface area contributed by atoms with Crippen LogP contribution >= 0.6 is 0 Å². The fourth-order valence-corrected chi connectivity index (χ4v) is 2.63. The third-order valence-electron chi connectivity index (χ3n) is 3.93. The van der Waals surface area contributed by atoms with Gasteiger partial charge in [-0.3, -0.25) is 14.2 Å². The van der Waals surface area contributed by atoms with Gasteiger partial charge in [0.1, 0.15) is 12.9 Å². The zero-order chi connectivity index (χ0) is 18.8. The van der Waals surface area contributed by atoms with E-state index in [2.05, 4.69) is 25.6 Å². The topological polar surface area (TPSA) is 107 Å². The normalized spacial score (nSPS) is 10.9. The van der Waals surface area contributed by atoms with E-state index in [9.17, 15) is 9.59 Å². The summed E-state index contributed by atoms with van der Waals surface area (Å²) in [7, 11) is 0. The Morgan fingerprint density at radius 1 is 1.15 bits per heavy atom. The first kappa shape index (κ1) is 16.6. The summed E-state index contributed by atoms with van der Waals surface area (Å²) in [6.07, 6.45) is 2.89. The third kappa shape index (κ3) is 3.56. The molecule has 27 heavy (non-hydrogen) atoms. The van der Waals surface area contributed by atoms with E-state index >= 15 is 0 Å². The van der Waals surface area contributed by atoms with Crippen molar-refractivity contribution in [2.24, 2.45) is 0 Å². The van der Waals surface area contributed by atoms with Crippen molar-refractivity contribution in [3.05, 3.63) is 71.2 Å². The molecule has 3 aromatic heterocycles. The average Bonchev–Trinajstić information content (AvgIpc) is 3.12. The molecule has 4 rings (SSSR count). The molecule has 9 heteroatoms. The highest BCUT2D eigenvalue weighted by Gasteiger charge is 2.08. The minimum absolute atomic E-state index is 0.110. The molecule has 9 nitrogen and oxygen atoms in total. The lowest BCUT2D eigenvalue weighted by Gasteiger charge is -2.09. The van der Waals surface area contributed by atoms with Gasteiger partial charge in [0.05, 0.1) is 12.0 Å². The molecule has 1 N–H and O–H groups in total. The molecule has 0 saturated carbocycles. The summed E-state index contributed by atoms with van der Waals surface area (Å²) in [4.78, 5) is 28.2. The summed E-state index contributed by atoms with van der Waals surface area (Å²) in [6.45, 7) is 1.61. The number of nitrogens with one attached hydrogen (secondary N) is 1. The molecule has 0 radical (unpaired) electrons. The van der Waals surface area contributed by atoms with E-state index in [4.69, 9.17) is 0 Å². The van der Waals surface area contributed by atoms with Crippen molar-refractivity contribution in [2.45, 2.75) is 13.5 Å². The van der Waals surface area contributed by atoms with E-state index in [1.807, 2.05) is 30.3 Å². The lowest BCUT2D eigenvalue weighted by Crippen LogP contribution is -2.27. The molecular weight excluding hydrogens is 346 g/mol. The standard InChI is InChI=1S/C18H15N7O2/c1-12-7-18(27)24(10-19-12)9-17(26)21-14-4-2-3-13(8-14)15-5-6-16-22-20-11-25(16)23-15/h2-8,10-11H,9H2,1H3,(H,21,26). The molecule has 0 atom stereocenters. The average molecular weight is 361 g/mol. The Bertz CT molecular complexity index is 1200. The first-order chi connectivity index (χ1) is 13.1. The lowest BCUT2D eigenvalue weighted by atomic mass is 10.1. The van der Waals surface area contributed by atoms with Gasteiger partial charge in [-0.05, 0) is 31.2 Å². The van der Waals surface area contributed by atoms with Crippen molar-refractivity contribution < 1.29 is 4.79 Å². The summed E-state index contributed by atoms with van der Waals surface area (Å²) >= 11 is 0. The molecule has 0 fully saturated rings. The molecule has 0 unspecified atom stereocenters. The van der Waals surface area contributed by atoms with Gasteiger partial charge < -0.3 is 5.32 Å². The fourth-order valence-electron chi connectivity index (χ4n) is 2.63. The van der Waals surface area contributed by atoms with Crippen molar-refractivity contribution in [2.75, 3.05) is 5.32 Å². The van der Waals surface area contributed by atoms with Crippen LogP contribution in [0.1, 0.15) is 5.69 Å². The Morgan fingerprint density at radius 3 is 2.89 bits per heavy atom. The van der Waals surface area contributed by atoms with Gasteiger partial charge in [0.2, 0.25) is 5.91 Å². The number of hydrogen-bond acceptors (Lipinski definition) is 6. The van der Waals surface area contributed by atoms with Gasteiger partial charge in [-0.1, -0.05) is 12.1 Å². The van der Waals surface area contributed by atoms with Crippen molar-refractivity contribution in [3.8, 4) is 11.3 Å². The molecular formula is C18H15N7O2. The lowest BCUT2D eigenvalue weighted by molar-refractivity contribution is -0.116. The second-order valence-corrected chi connectivity index (χ2v) is 5.98. The van der Waals surface area contributed by atoms with Gasteiger partial charge in [-0.2, -0.15) is 9.61 Å². The predicted octanol–water partition coefficient (Wildman–Crippen LogP) is 1.30. The molecule has 0 aliphatic heterocycles. The number of hydrogen-bond donors (Lipinski definition) is 1. The summed E-state index contributed by atoms with van der Waals surface area (Å²) in [6, 6.07) is 12.3. The number of benzene rings is 1.